The summed E-state index contributed by atoms with van der Waals surface area (Å²) in [5.41, 5.74) is 4.54. The van der Waals surface area contributed by atoms with Gasteiger partial charge in [-0.2, -0.15) is 5.10 Å². The molecule has 4 nitrogen and oxygen atoms in total. The number of nitrogens with one attached hydrogen (secondary N) is 1. The van der Waals surface area contributed by atoms with Crippen LogP contribution in [0.2, 0.25) is 0 Å². The predicted molar refractivity (Wildman–Crippen MR) is 96.4 cm³/mol. The molecule has 0 unspecified atom stereocenters. The molecule has 0 heterocycles. The molecular formula is C20H18N2O2. The molecule has 0 aromatic heterocycles. The predicted octanol–water partition coefficient (Wildman–Crippen LogP) is 3.68. The van der Waals surface area contributed by atoms with Crippen molar-refractivity contribution in [2.75, 3.05) is 6.61 Å². The Bertz CT molecular complexity index is 870. The number of carbonyl (C=O) groups excluding carboxylic acids is 1. The van der Waals surface area contributed by atoms with Crippen molar-refractivity contribution in [3.05, 3.63) is 77.9 Å². The molecule has 0 saturated carbocycles. The van der Waals surface area contributed by atoms with E-state index < -0.39 is 0 Å². The molecule has 0 spiro atoms. The van der Waals surface area contributed by atoms with Gasteiger partial charge in [-0.1, -0.05) is 54.1 Å². The van der Waals surface area contributed by atoms with Crippen LogP contribution in [0.5, 0.6) is 5.75 Å². The lowest BCUT2D eigenvalue weighted by Gasteiger charge is -2.05. The van der Waals surface area contributed by atoms with Gasteiger partial charge in [0.15, 0.2) is 6.61 Å². The van der Waals surface area contributed by atoms with Gasteiger partial charge in [-0.3, -0.25) is 4.79 Å². The van der Waals surface area contributed by atoms with Crippen LogP contribution in [0, 0.1) is 6.92 Å². The second kappa shape index (κ2) is 7.42. The zero-order valence-electron chi connectivity index (χ0n) is 13.4. The van der Waals surface area contributed by atoms with E-state index in [9.17, 15) is 4.79 Å². The maximum Gasteiger partial charge on any atom is 0.277 e. The van der Waals surface area contributed by atoms with Crippen molar-refractivity contribution in [3.63, 3.8) is 0 Å². The number of hydrogen-bond donors (Lipinski definition) is 1. The maximum absolute atomic E-state index is 11.7. The summed E-state index contributed by atoms with van der Waals surface area (Å²) in [6.07, 6.45) is 1.62. The zero-order valence-corrected chi connectivity index (χ0v) is 13.4. The highest BCUT2D eigenvalue weighted by atomic mass is 16.5. The summed E-state index contributed by atoms with van der Waals surface area (Å²) in [7, 11) is 0. The van der Waals surface area contributed by atoms with Crippen LogP contribution < -0.4 is 10.2 Å². The second-order valence-corrected chi connectivity index (χ2v) is 5.50. The van der Waals surface area contributed by atoms with Gasteiger partial charge >= 0.3 is 0 Å². The number of aryl methyl sites for hydroxylation is 1. The van der Waals surface area contributed by atoms with E-state index in [2.05, 4.69) is 16.6 Å². The van der Waals surface area contributed by atoms with Gasteiger partial charge in [0.25, 0.3) is 5.91 Å². The first-order valence-electron chi connectivity index (χ1n) is 7.71. The van der Waals surface area contributed by atoms with Crippen LogP contribution in [0.4, 0.5) is 0 Å². The van der Waals surface area contributed by atoms with E-state index in [0.29, 0.717) is 5.75 Å². The lowest BCUT2D eigenvalue weighted by Crippen LogP contribution is -2.24. The number of nitrogens with zero attached hydrogens (tertiary/aromatic N) is 1. The average molecular weight is 318 g/mol. The van der Waals surface area contributed by atoms with E-state index in [-0.39, 0.29) is 12.5 Å². The van der Waals surface area contributed by atoms with Crippen molar-refractivity contribution >= 4 is 22.9 Å². The number of amides is 1. The Morgan fingerprint density at radius 3 is 2.58 bits per heavy atom. The standard InChI is InChI=1S/C20H18N2O2/c1-15-6-10-19(11-7-15)24-14-20(23)22-21-13-16-8-9-17-4-2-3-5-18(17)12-16/h2-13H,14H2,1H3,(H,22,23)/b21-13+. The molecule has 24 heavy (non-hydrogen) atoms. The van der Waals surface area contributed by atoms with E-state index in [1.165, 1.54) is 5.39 Å². The van der Waals surface area contributed by atoms with Crippen LogP contribution in [0.25, 0.3) is 10.8 Å². The second-order valence-electron chi connectivity index (χ2n) is 5.50. The van der Waals surface area contributed by atoms with Crippen molar-refractivity contribution in [2.45, 2.75) is 6.92 Å². The molecule has 1 N–H and O–H groups in total. The first kappa shape index (κ1) is 15.7. The summed E-state index contributed by atoms with van der Waals surface area (Å²) in [6.45, 7) is 1.93. The maximum atomic E-state index is 11.7. The third-order valence-electron chi connectivity index (χ3n) is 3.57. The number of hydrogen-bond acceptors (Lipinski definition) is 3. The molecule has 3 rings (SSSR count). The quantitative estimate of drug-likeness (QED) is 0.576. The van der Waals surface area contributed by atoms with Crippen molar-refractivity contribution in [1.82, 2.24) is 5.43 Å². The lowest BCUT2D eigenvalue weighted by molar-refractivity contribution is -0.123. The fraction of sp³-hybridized carbons (Fsp3) is 0.100. The van der Waals surface area contributed by atoms with Crippen LogP contribution in [-0.2, 0) is 4.79 Å². The van der Waals surface area contributed by atoms with Crippen LogP contribution in [0.15, 0.2) is 71.8 Å². The summed E-state index contributed by atoms with van der Waals surface area (Å²) in [4.78, 5) is 11.7. The van der Waals surface area contributed by atoms with Crippen LogP contribution in [-0.4, -0.2) is 18.7 Å². The van der Waals surface area contributed by atoms with Crippen LogP contribution in [0.1, 0.15) is 11.1 Å². The van der Waals surface area contributed by atoms with Gasteiger partial charge in [-0.05, 0) is 41.5 Å². The van der Waals surface area contributed by atoms with Crippen molar-refractivity contribution < 1.29 is 9.53 Å². The van der Waals surface area contributed by atoms with Gasteiger partial charge in [0.1, 0.15) is 5.75 Å². The Kier molecular flexibility index (Phi) is 4.87. The number of hydrazone groups is 1. The molecule has 0 saturated heterocycles. The minimum absolute atomic E-state index is 0.0713. The first-order chi connectivity index (χ1) is 11.7. The highest BCUT2D eigenvalue weighted by Crippen LogP contribution is 2.14. The van der Waals surface area contributed by atoms with Crippen molar-refractivity contribution in [3.8, 4) is 5.75 Å². The molecule has 0 radical (unpaired) electrons. The molecule has 3 aromatic carbocycles. The Balaban J connectivity index is 1.52. The van der Waals surface area contributed by atoms with Gasteiger partial charge in [0, 0.05) is 0 Å². The SMILES string of the molecule is Cc1ccc(OCC(=O)N/N=C/c2ccc3ccccc3c2)cc1. The fourth-order valence-corrected chi connectivity index (χ4v) is 2.28. The van der Waals surface area contributed by atoms with E-state index in [0.717, 1.165) is 16.5 Å². The summed E-state index contributed by atoms with van der Waals surface area (Å²) in [6, 6.07) is 21.6. The summed E-state index contributed by atoms with van der Waals surface area (Å²) >= 11 is 0. The smallest absolute Gasteiger partial charge is 0.277 e. The van der Waals surface area contributed by atoms with Crippen LogP contribution >= 0.6 is 0 Å². The van der Waals surface area contributed by atoms with Crippen molar-refractivity contribution in [1.29, 1.82) is 0 Å². The molecule has 0 atom stereocenters. The highest BCUT2D eigenvalue weighted by Gasteiger charge is 2.01. The molecule has 0 fully saturated rings. The van der Waals surface area contributed by atoms with Gasteiger partial charge in [0.2, 0.25) is 0 Å². The minimum atomic E-state index is -0.299. The minimum Gasteiger partial charge on any atom is -0.484 e. The molecule has 4 heteroatoms. The van der Waals surface area contributed by atoms with Crippen molar-refractivity contribution in [2.24, 2.45) is 5.10 Å². The molecular weight excluding hydrogens is 300 g/mol. The first-order valence-corrected chi connectivity index (χ1v) is 7.71. The van der Waals surface area contributed by atoms with Gasteiger partial charge in [-0.15, -0.1) is 0 Å². The van der Waals surface area contributed by atoms with E-state index in [4.69, 9.17) is 4.74 Å². The van der Waals surface area contributed by atoms with Gasteiger partial charge in [0.05, 0.1) is 6.21 Å². The zero-order chi connectivity index (χ0) is 16.8. The fourth-order valence-electron chi connectivity index (χ4n) is 2.28. The highest BCUT2D eigenvalue weighted by molar-refractivity contribution is 5.90. The summed E-state index contributed by atoms with van der Waals surface area (Å²) < 4.78 is 5.40. The average Bonchev–Trinajstić information content (AvgIpc) is 2.61. The van der Waals surface area contributed by atoms with E-state index in [1.807, 2.05) is 67.6 Å². The van der Waals surface area contributed by atoms with Crippen LogP contribution in [0.3, 0.4) is 0 Å². The Morgan fingerprint density at radius 1 is 1.04 bits per heavy atom. The Labute approximate surface area is 140 Å². The normalized spacial score (nSPS) is 10.9. The number of fused-ring (bicyclic) bond motifs is 1. The van der Waals surface area contributed by atoms with Gasteiger partial charge in [-0.25, -0.2) is 5.43 Å². The number of rotatable bonds is 5. The van der Waals surface area contributed by atoms with E-state index >= 15 is 0 Å². The Hall–Kier alpha value is -3.14. The lowest BCUT2D eigenvalue weighted by atomic mass is 10.1. The molecule has 0 aliphatic heterocycles. The number of ether oxygens (including phenoxy) is 1. The Morgan fingerprint density at radius 2 is 1.79 bits per heavy atom. The molecule has 1 amide bonds. The molecule has 120 valence electrons. The molecule has 0 bridgehead atoms. The molecule has 0 aliphatic rings. The third-order valence-corrected chi connectivity index (χ3v) is 3.57. The topological polar surface area (TPSA) is 50.7 Å². The van der Waals surface area contributed by atoms with E-state index in [1.54, 1.807) is 6.21 Å². The number of carbonyl (C=O) groups is 1. The summed E-state index contributed by atoms with van der Waals surface area (Å²) in [5, 5.41) is 6.28. The van der Waals surface area contributed by atoms with Gasteiger partial charge < -0.3 is 4.74 Å². The monoisotopic (exact) mass is 318 g/mol. The summed E-state index contributed by atoms with van der Waals surface area (Å²) in [5.74, 6) is 0.363. The molecule has 3 aromatic rings. The number of benzene rings is 3. The molecule has 0 aliphatic carbocycles. The third kappa shape index (κ3) is 4.20. The largest absolute Gasteiger partial charge is 0.484 e.